The number of benzene rings is 2. The van der Waals surface area contributed by atoms with Gasteiger partial charge in [-0.1, -0.05) is 47.1 Å². The van der Waals surface area contributed by atoms with E-state index in [4.69, 9.17) is 11.6 Å². The molecule has 0 saturated heterocycles. The first-order valence-electron chi connectivity index (χ1n) is 8.91. The first-order chi connectivity index (χ1) is 13.1. The second kappa shape index (κ2) is 7.50. The van der Waals surface area contributed by atoms with Gasteiger partial charge >= 0.3 is 0 Å². The summed E-state index contributed by atoms with van der Waals surface area (Å²) in [6, 6.07) is 15.7. The second-order valence-corrected chi connectivity index (χ2v) is 7.02. The number of carbonyl (C=O) groups excluding carboxylic acids is 1. The van der Waals surface area contributed by atoms with Crippen molar-refractivity contribution < 1.29 is 4.79 Å². The Labute approximate surface area is 162 Å². The number of nitrogens with one attached hydrogen (secondary N) is 2. The van der Waals surface area contributed by atoms with E-state index >= 15 is 0 Å². The maximum Gasteiger partial charge on any atom is 0.273 e. The van der Waals surface area contributed by atoms with Crippen molar-refractivity contribution in [3.05, 3.63) is 76.1 Å². The molecule has 7 heteroatoms. The summed E-state index contributed by atoms with van der Waals surface area (Å²) in [5.41, 5.74) is 4.34. The predicted octanol–water partition coefficient (Wildman–Crippen LogP) is 2.85. The Kier molecular flexibility index (Phi) is 4.92. The van der Waals surface area contributed by atoms with Crippen LogP contribution in [-0.4, -0.2) is 34.0 Å². The molecular formula is C20H20ClN5O. The van der Waals surface area contributed by atoms with Crippen LogP contribution >= 0.6 is 11.6 Å². The highest BCUT2D eigenvalue weighted by Gasteiger charge is 2.22. The third-order valence-corrected chi connectivity index (χ3v) is 5.08. The number of hydrogen-bond donors (Lipinski definition) is 2. The second-order valence-electron chi connectivity index (χ2n) is 6.58. The molecule has 138 valence electrons. The molecule has 2 heterocycles. The van der Waals surface area contributed by atoms with E-state index in [-0.39, 0.29) is 11.9 Å². The topological polar surface area (TPSA) is 71.8 Å². The average molecular weight is 382 g/mol. The van der Waals surface area contributed by atoms with Crippen molar-refractivity contribution in [3.63, 3.8) is 0 Å². The van der Waals surface area contributed by atoms with Gasteiger partial charge in [-0.05, 0) is 49.2 Å². The highest BCUT2D eigenvalue weighted by atomic mass is 35.5. The van der Waals surface area contributed by atoms with Crippen molar-refractivity contribution >= 4 is 17.5 Å². The highest BCUT2D eigenvalue weighted by molar-refractivity contribution is 6.30. The molecule has 1 unspecified atom stereocenters. The zero-order valence-corrected chi connectivity index (χ0v) is 15.7. The number of fused-ring (bicyclic) bond motifs is 1. The summed E-state index contributed by atoms with van der Waals surface area (Å²) in [5.74, 6) is -0.231. The summed E-state index contributed by atoms with van der Waals surface area (Å²) >= 11 is 6.05. The zero-order chi connectivity index (χ0) is 18.8. The van der Waals surface area contributed by atoms with Gasteiger partial charge in [-0.3, -0.25) is 4.79 Å². The summed E-state index contributed by atoms with van der Waals surface area (Å²) in [5, 5.41) is 15.2. The third kappa shape index (κ3) is 3.59. The Balaban J connectivity index is 1.49. The average Bonchev–Trinajstić information content (AvgIpc) is 3.07. The minimum absolute atomic E-state index is 0.0992. The lowest BCUT2D eigenvalue weighted by atomic mass is 9.94. The number of halogens is 1. The molecule has 0 aliphatic carbocycles. The Morgan fingerprint density at radius 2 is 2.15 bits per heavy atom. The summed E-state index contributed by atoms with van der Waals surface area (Å²) in [4.78, 5) is 12.7. The van der Waals surface area contributed by atoms with E-state index in [2.05, 4.69) is 39.1 Å². The Morgan fingerprint density at radius 1 is 1.30 bits per heavy atom. The van der Waals surface area contributed by atoms with E-state index in [1.54, 1.807) is 16.8 Å². The molecule has 1 aliphatic heterocycles. The first-order valence-corrected chi connectivity index (χ1v) is 9.29. The van der Waals surface area contributed by atoms with E-state index < -0.39 is 0 Å². The Morgan fingerprint density at radius 3 is 3.00 bits per heavy atom. The summed E-state index contributed by atoms with van der Waals surface area (Å²) in [7, 11) is 0. The van der Waals surface area contributed by atoms with Gasteiger partial charge in [-0.25, -0.2) is 4.68 Å². The molecule has 0 bridgehead atoms. The van der Waals surface area contributed by atoms with E-state index in [1.807, 2.05) is 25.1 Å². The molecule has 4 rings (SSSR count). The van der Waals surface area contributed by atoms with Crippen molar-refractivity contribution in [2.75, 3.05) is 13.1 Å². The van der Waals surface area contributed by atoms with Crippen LogP contribution in [-0.2, 0) is 6.42 Å². The number of hydrogen-bond acceptors (Lipinski definition) is 4. The van der Waals surface area contributed by atoms with E-state index in [9.17, 15) is 4.79 Å². The molecule has 1 aliphatic rings. The quantitative estimate of drug-likeness (QED) is 0.729. The number of rotatable bonds is 4. The molecule has 6 nitrogen and oxygen atoms in total. The highest BCUT2D eigenvalue weighted by Crippen LogP contribution is 2.22. The molecular weight excluding hydrogens is 362 g/mol. The Bertz CT molecular complexity index is 984. The maximum absolute atomic E-state index is 12.7. The van der Waals surface area contributed by atoms with Crippen molar-refractivity contribution in [3.8, 4) is 5.69 Å². The lowest BCUT2D eigenvalue weighted by molar-refractivity contribution is 0.0943. The van der Waals surface area contributed by atoms with Crippen LogP contribution in [0.25, 0.3) is 5.69 Å². The molecule has 1 amide bonds. The van der Waals surface area contributed by atoms with Crippen LogP contribution in [0.15, 0.2) is 48.5 Å². The molecule has 27 heavy (non-hydrogen) atoms. The van der Waals surface area contributed by atoms with Crippen molar-refractivity contribution in [2.24, 2.45) is 0 Å². The third-order valence-electron chi connectivity index (χ3n) is 4.84. The minimum Gasteiger partial charge on any atom is -0.349 e. The fourth-order valence-electron chi connectivity index (χ4n) is 3.45. The fourth-order valence-corrected chi connectivity index (χ4v) is 3.63. The summed E-state index contributed by atoms with van der Waals surface area (Å²) < 4.78 is 1.62. The molecule has 1 atom stereocenters. The monoisotopic (exact) mass is 381 g/mol. The number of nitrogens with zero attached hydrogens (tertiary/aromatic N) is 3. The van der Waals surface area contributed by atoms with Crippen LogP contribution in [0.1, 0.15) is 33.4 Å². The van der Waals surface area contributed by atoms with Crippen LogP contribution in [0.2, 0.25) is 5.02 Å². The number of carbonyl (C=O) groups is 1. The van der Waals surface area contributed by atoms with Crippen LogP contribution in [0, 0.1) is 6.92 Å². The molecule has 0 spiro atoms. The lowest BCUT2D eigenvalue weighted by Crippen LogP contribution is -2.39. The maximum atomic E-state index is 12.7. The van der Waals surface area contributed by atoms with Crippen molar-refractivity contribution in [1.29, 1.82) is 0 Å². The SMILES string of the molecule is Cc1c(C(=O)NCC2NCCc3ccccc32)nnn1-c1cccc(Cl)c1. The molecule has 0 radical (unpaired) electrons. The van der Waals surface area contributed by atoms with Crippen LogP contribution < -0.4 is 10.6 Å². The zero-order valence-electron chi connectivity index (χ0n) is 14.9. The smallest absolute Gasteiger partial charge is 0.273 e. The number of aromatic nitrogens is 3. The van der Waals surface area contributed by atoms with Crippen LogP contribution in [0.5, 0.6) is 0 Å². The molecule has 3 aromatic rings. The van der Waals surface area contributed by atoms with Crippen molar-refractivity contribution in [1.82, 2.24) is 25.6 Å². The van der Waals surface area contributed by atoms with Crippen LogP contribution in [0.3, 0.4) is 0 Å². The first kappa shape index (κ1) is 17.7. The van der Waals surface area contributed by atoms with E-state index in [1.165, 1.54) is 11.1 Å². The fraction of sp³-hybridized carbons (Fsp3) is 0.250. The van der Waals surface area contributed by atoms with E-state index in [0.717, 1.165) is 18.7 Å². The minimum atomic E-state index is -0.231. The molecule has 0 saturated carbocycles. The van der Waals surface area contributed by atoms with E-state index in [0.29, 0.717) is 23.0 Å². The van der Waals surface area contributed by atoms with Gasteiger partial charge in [0, 0.05) is 17.6 Å². The van der Waals surface area contributed by atoms with Gasteiger partial charge in [0.05, 0.1) is 11.4 Å². The predicted molar refractivity (Wildman–Crippen MR) is 104 cm³/mol. The standard InChI is InChI=1S/C20H20ClN5O/c1-13-19(24-25-26(13)16-7-4-6-15(21)11-16)20(27)23-12-18-17-8-3-2-5-14(17)9-10-22-18/h2-8,11,18,22H,9-10,12H2,1H3,(H,23,27). The molecule has 0 fully saturated rings. The Hall–Kier alpha value is -2.70. The van der Waals surface area contributed by atoms with Gasteiger partial charge < -0.3 is 10.6 Å². The van der Waals surface area contributed by atoms with Gasteiger partial charge in [-0.2, -0.15) is 0 Å². The normalized spacial score (nSPS) is 16.0. The van der Waals surface area contributed by atoms with Gasteiger partial charge in [0.15, 0.2) is 5.69 Å². The van der Waals surface area contributed by atoms with Crippen LogP contribution in [0.4, 0.5) is 0 Å². The largest absolute Gasteiger partial charge is 0.349 e. The summed E-state index contributed by atoms with van der Waals surface area (Å²) in [6.07, 6.45) is 1.01. The van der Waals surface area contributed by atoms with Crippen molar-refractivity contribution in [2.45, 2.75) is 19.4 Å². The van der Waals surface area contributed by atoms with Gasteiger partial charge in [-0.15, -0.1) is 5.10 Å². The molecule has 1 aromatic heterocycles. The van der Waals surface area contributed by atoms with Gasteiger partial charge in [0.2, 0.25) is 0 Å². The lowest BCUT2D eigenvalue weighted by Gasteiger charge is -2.27. The van der Waals surface area contributed by atoms with Gasteiger partial charge in [0.1, 0.15) is 0 Å². The molecule has 2 aromatic carbocycles. The van der Waals surface area contributed by atoms with Gasteiger partial charge in [0.25, 0.3) is 5.91 Å². The number of amides is 1. The molecule has 2 N–H and O–H groups in total. The summed E-state index contributed by atoms with van der Waals surface area (Å²) in [6.45, 7) is 3.23.